The zero-order chi connectivity index (χ0) is 18.7. The number of nitrogens with zero attached hydrogens (tertiary/aromatic N) is 2. The van der Waals surface area contributed by atoms with Crippen LogP contribution in [0.1, 0.15) is 35.9 Å². The first-order valence-electron chi connectivity index (χ1n) is 8.55. The Morgan fingerprint density at radius 3 is 2.96 bits per heavy atom. The van der Waals surface area contributed by atoms with Crippen molar-refractivity contribution in [3.63, 3.8) is 0 Å². The highest BCUT2D eigenvalue weighted by Gasteiger charge is 2.24. The summed E-state index contributed by atoms with van der Waals surface area (Å²) in [6.45, 7) is 4.31. The molecule has 1 saturated heterocycles. The van der Waals surface area contributed by atoms with Gasteiger partial charge in [0.25, 0.3) is 5.56 Å². The van der Waals surface area contributed by atoms with Gasteiger partial charge in [0, 0.05) is 13.2 Å². The van der Waals surface area contributed by atoms with Crippen LogP contribution in [0.2, 0.25) is 0 Å². The molecule has 2 aromatic rings. The molecule has 9 nitrogen and oxygen atoms in total. The molecule has 3 rings (SSSR count). The summed E-state index contributed by atoms with van der Waals surface area (Å²) in [7, 11) is 0. The predicted octanol–water partition coefficient (Wildman–Crippen LogP) is 0.770. The summed E-state index contributed by atoms with van der Waals surface area (Å²) in [5, 5.41) is 2.77. The number of aryl methyl sites for hydroxylation is 1. The monoisotopic (exact) mass is 363 g/mol. The molecule has 26 heavy (non-hydrogen) atoms. The number of furan rings is 1. The van der Waals surface area contributed by atoms with Crippen LogP contribution in [0, 0.1) is 6.92 Å². The van der Waals surface area contributed by atoms with Gasteiger partial charge in [0.05, 0.1) is 12.7 Å². The van der Waals surface area contributed by atoms with Crippen LogP contribution in [0.5, 0.6) is 0 Å². The topological polar surface area (TPSA) is 113 Å². The first kappa shape index (κ1) is 18.1. The van der Waals surface area contributed by atoms with E-state index in [1.807, 2.05) is 0 Å². The molecule has 0 aliphatic carbocycles. The van der Waals surface area contributed by atoms with Crippen molar-refractivity contribution in [3.05, 3.63) is 28.0 Å². The van der Waals surface area contributed by atoms with Gasteiger partial charge in [-0.3, -0.25) is 14.2 Å². The molecule has 3 heterocycles. The third-order valence-corrected chi connectivity index (χ3v) is 4.20. The second-order valence-corrected chi connectivity index (χ2v) is 6.05. The molecule has 0 bridgehead atoms. The fraction of sp³-hybridized carbons (Fsp3) is 0.529. The fourth-order valence-corrected chi connectivity index (χ4v) is 2.94. The Morgan fingerprint density at radius 2 is 2.27 bits per heavy atom. The summed E-state index contributed by atoms with van der Waals surface area (Å²) in [6.07, 6.45) is 3.14. The standard InChI is InChI=1S/C17H21N3O6/c1-3-24-17(23)13-10(2)26-15-14(13)16(22)20(9-19-15)8-12(21)18-7-11-5-4-6-25-11/h9,11H,3-8H2,1-2H3,(H,18,21)/t11-/m0/s1. The third kappa shape index (κ3) is 3.62. The third-order valence-electron chi connectivity index (χ3n) is 4.20. The number of hydrogen-bond donors (Lipinski definition) is 1. The van der Waals surface area contributed by atoms with E-state index in [9.17, 15) is 14.4 Å². The molecule has 9 heteroatoms. The second kappa shape index (κ2) is 7.69. The van der Waals surface area contributed by atoms with E-state index in [0.717, 1.165) is 17.4 Å². The maximum Gasteiger partial charge on any atom is 0.342 e. The molecular weight excluding hydrogens is 342 g/mol. The van der Waals surface area contributed by atoms with Gasteiger partial charge in [-0.05, 0) is 26.7 Å². The number of carbonyl (C=O) groups excluding carboxylic acids is 2. The minimum Gasteiger partial charge on any atom is -0.462 e. The van der Waals surface area contributed by atoms with Gasteiger partial charge in [0.2, 0.25) is 11.6 Å². The van der Waals surface area contributed by atoms with Crippen molar-refractivity contribution in [1.29, 1.82) is 0 Å². The zero-order valence-corrected chi connectivity index (χ0v) is 14.7. The summed E-state index contributed by atoms with van der Waals surface area (Å²) >= 11 is 0. The molecule has 0 aromatic carbocycles. The van der Waals surface area contributed by atoms with Crippen LogP contribution in [-0.2, 0) is 20.8 Å². The number of ether oxygens (including phenoxy) is 2. The van der Waals surface area contributed by atoms with Gasteiger partial charge in [-0.2, -0.15) is 0 Å². The Hall–Kier alpha value is -2.68. The summed E-state index contributed by atoms with van der Waals surface area (Å²) in [4.78, 5) is 41.0. The van der Waals surface area contributed by atoms with E-state index in [0.29, 0.717) is 13.2 Å². The number of rotatable bonds is 6. The van der Waals surface area contributed by atoms with Crippen LogP contribution >= 0.6 is 0 Å². The molecule has 1 aliphatic heterocycles. The zero-order valence-electron chi connectivity index (χ0n) is 14.7. The smallest absolute Gasteiger partial charge is 0.342 e. The van der Waals surface area contributed by atoms with Crippen LogP contribution < -0.4 is 10.9 Å². The van der Waals surface area contributed by atoms with Crippen molar-refractivity contribution < 1.29 is 23.5 Å². The van der Waals surface area contributed by atoms with Crippen molar-refractivity contribution >= 4 is 23.0 Å². The van der Waals surface area contributed by atoms with Crippen molar-refractivity contribution in [3.8, 4) is 0 Å². The maximum absolute atomic E-state index is 12.7. The van der Waals surface area contributed by atoms with Gasteiger partial charge in [-0.25, -0.2) is 9.78 Å². The number of fused-ring (bicyclic) bond motifs is 1. The van der Waals surface area contributed by atoms with Crippen molar-refractivity contribution in [1.82, 2.24) is 14.9 Å². The van der Waals surface area contributed by atoms with E-state index >= 15 is 0 Å². The van der Waals surface area contributed by atoms with Crippen LogP contribution in [-0.4, -0.2) is 47.3 Å². The SMILES string of the molecule is CCOC(=O)c1c(C)oc2ncn(CC(=O)NC[C@@H]3CCCO3)c(=O)c12. The fourth-order valence-electron chi connectivity index (χ4n) is 2.94. The molecule has 0 radical (unpaired) electrons. The molecule has 2 aromatic heterocycles. The molecule has 1 N–H and O–H groups in total. The van der Waals surface area contributed by atoms with Gasteiger partial charge in [0.15, 0.2) is 0 Å². The molecule has 0 unspecified atom stereocenters. The van der Waals surface area contributed by atoms with Gasteiger partial charge in [-0.15, -0.1) is 0 Å². The molecule has 1 aliphatic rings. The number of hydrogen-bond acceptors (Lipinski definition) is 7. The summed E-state index contributed by atoms with van der Waals surface area (Å²) in [6, 6.07) is 0. The minimum absolute atomic E-state index is 0.0169. The first-order chi connectivity index (χ1) is 12.5. The predicted molar refractivity (Wildman–Crippen MR) is 90.9 cm³/mol. The Kier molecular flexibility index (Phi) is 5.36. The lowest BCUT2D eigenvalue weighted by Gasteiger charge is -2.11. The van der Waals surface area contributed by atoms with E-state index in [2.05, 4.69) is 10.3 Å². The number of aromatic nitrogens is 2. The van der Waals surface area contributed by atoms with E-state index in [1.165, 1.54) is 6.33 Å². The molecule has 0 spiro atoms. The number of esters is 1. The highest BCUT2D eigenvalue weighted by Crippen LogP contribution is 2.21. The summed E-state index contributed by atoms with van der Waals surface area (Å²) in [5.74, 6) is -0.728. The molecule has 1 atom stereocenters. The second-order valence-electron chi connectivity index (χ2n) is 6.05. The largest absolute Gasteiger partial charge is 0.462 e. The Morgan fingerprint density at radius 1 is 1.46 bits per heavy atom. The van der Waals surface area contributed by atoms with E-state index in [1.54, 1.807) is 13.8 Å². The molecule has 1 fully saturated rings. The highest BCUT2D eigenvalue weighted by atomic mass is 16.5. The first-order valence-corrected chi connectivity index (χ1v) is 8.55. The van der Waals surface area contributed by atoms with Crippen LogP contribution in [0.15, 0.2) is 15.5 Å². The minimum atomic E-state index is -0.650. The Bertz CT molecular complexity index is 878. The van der Waals surface area contributed by atoms with E-state index in [4.69, 9.17) is 13.9 Å². The van der Waals surface area contributed by atoms with Crippen molar-refractivity contribution in [2.24, 2.45) is 0 Å². The van der Waals surface area contributed by atoms with E-state index in [-0.39, 0.29) is 47.6 Å². The lowest BCUT2D eigenvalue weighted by Crippen LogP contribution is -2.36. The number of carbonyl (C=O) groups is 2. The summed E-state index contributed by atoms with van der Waals surface area (Å²) < 4.78 is 16.9. The van der Waals surface area contributed by atoms with Gasteiger partial charge >= 0.3 is 5.97 Å². The lowest BCUT2D eigenvalue weighted by molar-refractivity contribution is -0.122. The van der Waals surface area contributed by atoms with Crippen LogP contribution in [0.3, 0.4) is 0 Å². The maximum atomic E-state index is 12.7. The van der Waals surface area contributed by atoms with E-state index < -0.39 is 11.5 Å². The average Bonchev–Trinajstić information content (AvgIpc) is 3.23. The number of amides is 1. The summed E-state index contributed by atoms with van der Waals surface area (Å²) in [5.41, 5.74) is -0.429. The van der Waals surface area contributed by atoms with Crippen LogP contribution in [0.4, 0.5) is 0 Å². The normalized spacial score (nSPS) is 16.8. The lowest BCUT2D eigenvalue weighted by atomic mass is 10.2. The Balaban J connectivity index is 1.81. The van der Waals surface area contributed by atoms with Gasteiger partial charge < -0.3 is 19.2 Å². The van der Waals surface area contributed by atoms with Gasteiger partial charge in [-0.1, -0.05) is 0 Å². The Labute approximate surface area is 149 Å². The molecule has 140 valence electrons. The molecule has 0 saturated carbocycles. The molecular formula is C17H21N3O6. The van der Waals surface area contributed by atoms with Gasteiger partial charge in [0.1, 0.15) is 29.6 Å². The average molecular weight is 363 g/mol. The van der Waals surface area contributed by atoms with Crippen molar-refractivity contribution in [2.45, 2.75) is 39.3 Å². The van der Waals surface area contributed by atoms with Crippen LogP contribution in [0.25, 0.3) is 11.1 Å². The quantitative estimate of drug-likeness (QED) is 0.754. The number of nitrogens with one attached hydrogen (secondary N) is 1. The highest BCUT2D eigenvalue weighted by molar-refractivity contribution is 6.03. The van der Waals surface area contributed by atoms with Crippen molar-refractivity contribution in [2.75, 3.05) is 19.8 Å². The molecule has 1 amide bonds.